The molecule has 1 rings (SSSR count). The van der Waals surface area contributed by atoms with Crippen LogP contribution >= 0.6 is 0 Å². The van der Waals surface area contributed by atoms with E-state index in [-0.39, 0.29) is 5.41 Å². The van der Waals surface area contributed by atoms with Crippen molar-refractivity contribution in [2.45, 2.75) is 52.5 Å². The largest absolute Gasteiger partial charge is 0.370 e. The number of nitrogens with two attached hydrogens (primary N) is 1. The third-order valence-electron chi connectivity index (χ3n) is 3.53. The highest BCUT2D eigenvalue weighted by Crippen LogP contribution is 2.26. The highest BCUT2D eigenvalue weighted by Gasteiger charge is 2.21. The number of rotatable bonds is 5. The molecule has 0 aliphatic carbocycles. The van der Waals surface area contributed by atoms with Gasteiger partial charge in [-0.05, 0) is 31.4 Å². The summed E-state index contributed by atoms with van der Waals surface area (Å²) >= 11 is 0. The van der Waals surface area contributed by atoms with E-state index in [2.05, 4.69) is 69.2 Å². The van der Waals surface area contributed by atoms with Gasteiger partial charge < -0.3 is 11.1 Å². The molecule has 1 atom stereocenters. The van der Waals surface area contributed by atoms with Crippen LogP contribution in [0.15, 0.2) is 29.3 Å². The van der Waals surface area contributed by atoms with Gasteiger partial charge in [-0.2, -0.15) is 0 Å². The Kier molecular flexibility index (Phi) is 5.40. The van der Waals surface area contributed by atoms with Crippen molar-refractivity contribution in [3.8, 4) is 0 Å². The number of benzene rings is 1. The normalized spacial score (nSPS) is 14.3. The molecular formula is C16H27N3. The molecule has 1 unspecified atom stereocenters. The Hall–Kier alpha value is -1.51. The lowest BCUT2D eigenvalue weighted by atomic mass is 9.82. The number of nitrogens with zero attached hydrogens (tertiary/aromatic N) is 1. The fraction of sp³-hybridized carbons (Fsp3) is 0.562. The molecule has 106 valence electrons. The molecule has 0 heterocycles. The number of nitrogens with one attached hydrogen (secondary N) is 1. The van der Waals surface area contributed by atoms with Crippen LogP contribution in [0.5, 0.6) is 0 Å². The lowest BCUT2D eigenvalue weighted by Crippen LogP contribution is -2.39. The van der Waals surface area contributed by atoms with Crippen molar-refractivity contribution in [1.29, 1.82) is 0 Å². The third kappa shape index (κ3) is 4.58. The summed E-state index contributed by atoms with van der Waals surface area (Å²) in [5.74, 6) is 0.538. The second-order valence-corrected chi connectivity index (χ2v) is 5.85. The van der Waals surface area contributed by atoms with Crippen LogP contribution < -0.4 is 11.1 Å². The highest BCUT2D eigenvalue weighted by molar-refractivity contribution is 5.78. The molecule has 0 radical (unpaired) electrons. The van der Waals surface area contributed by atoms with Gasteiger partial charge in [0.25, 0.3) is 0 Å². The van der Waals surface area contributed by atoms with Crippen molar-refractivity contribution in [3.63, 3.8) is 0 Å². The topological polar surface area (TPSA) is 50.4 Å². The summed E-state index contributed by atoms with van der Waals surface area (Å²) in [5.41, 5.74) is 8.54. The Morgan fingerprint density at radius 2 is 2.00 bits per heavy atom. The first-order chi connectivity index (χ1) is 8.86. The summed E-state index contributed by atoms with van der Waals surface area (Å²) < 4.78 is 0. The molecule has 0 amide bonds. The zero-order valence-corrected chi connectivity index (χ0v) is 12.8. The molecule has 1 aromatic carbocycles. The van der Waals surface area contributed by atoms with E-state index in [1.165, 1.54) is 11.1 Å². The number of aryl methyl sites for hydroxylation is 1. The third-order valence-corrected chi connectivity index (χ3v) is 3.53. The van der Waals surface area contributed by atoms with Crippen LogP contribution in [0.1, 0.15) is 45.2 Å². The fourth-order valence-electron chi connectivity index (χ4n) is 2.10. The number of aliphatic imine (C=N–C) groups is 1. The molecule has 0 fully saturated rings. The maximum atomic E-state index is 5.91. The van der Waals surface area contributed by atoms with E-state index >= 15 is 0 Å². The molecular weight excluding hydrogens is 234 g/mol. The van der Waals surface area contributed by atoms with Crippen LogP contribution in [0, 0.1) is 6.92 Å². The van der Waals surface area contributed by atoms with Gasteiger partial charge in [0.15, 0.2) is 5.96 Å². The second kappa shape index (κ2) is 6.60. The molecule has 0 aliphatic heterocycles. The first kappa shape index (κ1) is 15.5. The van der Waals surface area contributed by atoms with E-state index < -0.39 is 0 Å². The van der Waals surface area contributed by atoms with Crippen molar-refractivity contribution >= 4 is 5.96 Å². The van der Waals surface area contributed by atoms with Crippen molar-refractivity contribution < 1.29 is 0 Å². The van der Waals surface area contributed by atoms with Gasteiger partial charge in [-0.25, -0.2) is 0 Å². The lowest BCUT2D eigenvalue weighted by Gasteiger charge is -2.25. The zero-order valence-electron chi connectivity index (χ0n) is 12.8. The minimum atomic E-state index is -0.00685. The highest BCUT2D eigenvalue weighted by atomic mass is 15.1. The summed E-state index contributed by atoms with van der Waals surface area (Å²) in [4.78, 5) is 4.48. The van der Waals surface area contributed by atoms with E-state index in [0.717, 1.165) is 6.42 Å². The number of hydrogen-bond donors (Lipinski definition) is 2. The molecule has 3 nitrogen and oxygen atoms in total. The van der Waals surface area contributed by atoms with E-state index in [9.17, 15) is 0 Å². The Morgan fingerprint density at radius 3 is 2.58 bits per heavy atom. The Labute approximate surface area is 117 Å². The van der Waals surface area contributed by atoms with E-state index in [1.54, 1.807) is 0 Å². The first-order valence-corrected chi connectivity index (χ1v) is 6.99. The molecule has 0 saturated carbocycles. The number of hydrogen-bond acceptors (Lipinski definition) is 1. The van der Waals surface area contributed by atoms with Gasteiger partial charge in [-0.1, -0.05) is 45.0 Å². The summed E-state index contributed by atoms with van der Waals surface area (Å²) in [5, 5.41) is 3.20. The van der Waals surface area contributed by atoms with Gasteiger partial charge in [0.1, 0.15) is 0 Å². The van der Waals surface area contributed by atoms with Gasteiger partial charge in [0.05, 0.1) is 6.54 Å². The minimum absolute atomic E-state index is 0.00685. The quantitative estimate of drug-likeness (QED) is 0.632. The molecule has 0 bridgehead atoms. The molecule has 1 aromatic rings. The van der Waals surface area contributed by atoms with Gasteiger partial charge >= 0.3 is 0 Å². The lowest BCUT2D eigenvalue weighted by molar-refractivity contribution is 0.533. The smallest absolute Gasteiger partial charge is 0.188 e. The van der Waals surface area contributed by atoms with E-state index in [4.69, 9.17) is 5.73 Å². The molecule has 3 N–H and O–H groups in total. The Morgan fingerprint density at radius 1 is 1.37 bits per heavy atom. The van der Waals surface area contributed by atoms with Crippen LogP contribution in [0.25, 0.3) is 0 Å². The monoisotopic (exact) mass is 261 g/mol. The first-order valence-electron chi connectivity index (χ1n) is 6.99. The maximum Gasteiger partial charge on any atom is 0.188 e. The molecule has 0 saturated heterocycles. The molecule has 0 aromatic heterocycles. The SMILES string of the molecule is CCC(C)NC(N)=NCC(C)(C)c1ccccc1C. The molecule has 19 heavy (non-hydrogen) atoms. The summed E-state index contributed by atoms with van der Waals surface area (Å²) in [6.07, 6.45) is 1.04. The summed E-state index contributed by atoms with van der Waals surface area (Å²) in [6, 6.07) is 8.82. The van der Waals surface area contributed by atoms with Gasteiger partial charge in [0, 0.05) is 11.5 Å². The van der Waals surface area contributed by atoms with Crippen LogP contribution in [-0.2, 0) is 5.41 Å². The average Bonchev–Trinajstić information content (AvgIpc) is 2.36. The van der Waals surface area contributed by atoms with Crippen molar-refractivity contribution in [2.75, 3.05) is 6.54 Å². The molecule has 0 spiro atoms. The Bertz CT molecular complexity index is 435. The van der Waals surface area contributed by atoms with Gasteiger partial charge in [-0.3, -0.25) is 4.99 Å². The van der Waals surface area contributed by atoms with Crippen molar-refractivity contribution in [2.24, 2.45) is 10.7 Å². The standard InChI is InChI=1S/C16H27N3/c1-6-13(3)19-15(17)18-11-16(4,5)14-10-8-7-9-12(14)2/h7-10,13H,6,11H2,1-5H3,(H3,17,18,19). The second-order valence-electron chi connectivity index (χ2n) is 5.85. The molecule has 0 aliphatic rings. The zero-order chi connectivity index (χ0) is 14.5. The average molecular weight is 261 g/mol. The fourth-order valence-corrected chi connectivity index (χ4v) is 2.10. The van der Waals surface area contributed by atoms with Gasteiger partial charge in [0.2, 0.25) is 0 Å². The summed E-state index contributed by atoms with van der Waals surface area (Å²) in [7, 11) is 0. The summed E-state index contributed by atoms with van der Waals surface area (Å²) in [6.45, 7) is 11.5. The maximum absolute atomic E-state index is 5.91. The van der Waals surface area contributed by atoms with Crippen LogP contribution in [0.4, 0.5) is 0 Å². The van der Waals surface area contributed by atoms with Crippen LogP contribution in [0.2, 0.25) is 0 Å². The molecule has 3 heteroatoms. The van der Waals surface area contributed by atoms with E-state index in [0.29, 0.717) is 18.5 Å². The van der Waals surface area contributed by atoms with Crippen molar-refractivity contribution in [1.82, 2.24) is 5.32 Å². The van der Waals surface area contributed by atoms with Crippen molar-refractivity contribution in [3.05, 3.63) is 35.4 Å². The Balaban J connectivity index is 2.75. The van der Waals surface area contributed by atoms with Crippen LogP contribution in [0.3, 0.4) is 0 Å². The predicted octanol–water partition coefficient (Wildman–Crippen LogP) is 2.98. The van der Waals surface area contributed by atoms with E-state index in [1.807, 2.05) is 0 Å². The minimum Gasteiger partial charge on any atom is -0.370 e. The van der Waals surface area contributed by atoms with Gasteiger partial charge in [-0.15, -0.1) is 0 Å². The number of guanidine groups is 1. The predicted molar refractivity (Wildman–Crippen MR) is 83.6 cm³/mol. The van der Waals surface area contributed by atoms with Crippen LogP contribution in [-0.4, -0.2) is 18.5 Å².